The molecule has 0 saturated carbocycles. The number of carboxylic acid groups (broad SMARTS) is 1. The van der Waals surface area contributed by atoms with Crippen LogP contribution >= 0.6 is 23.8 Å². The second kappa shape index (κ2) is 6.88. The Balaban J connectivity index is 1.92. The number of hydrogen-bond acceptors (Lipinski definition) is 3. The Morgan fingerprint density at radius 2 is 2.35 bits per heavy atom. The number of thiocarbonyl (C=S) groups is 1. The van der Waals surface area contributed by atoms with E-state index in [9.17, 15) is 4.79 Å². The fourth-order valence-corrected chi connectivity index (χ4v) is 2.29. The van der Waals surface area contributed by atoms with Gasteiger partial charge >= 0.3 is 5.97 Å². The molecule has 7 heteroatoms. The van der Waals surface area contributed by atoms with Crippen molar-refractivity contribution in [1.29, 1.82) is 0 Å². The summed E-state index contributed by atoms with van der Waals surface area (Å²) in [6, 6.07) is 4.42. The fraction of sp³-hybridized carbons (Fsp3) is 0.385. The summed E-state index contributed by atoms with van der Waals surface area (Å²) in [6.07, 6.45) is 2.26. The van der Waals surface area contributed by atoms with E-state index in [-0.39, 0.29) is 11.7 Å². The number of anilines is 1. The van der Waals surface area contributed by atoms with E-state index < -0.39 is 5.97 Å². The molecule has 0 spiro atoms. The second-order valence-electron chi connectivity index (χ2n) is 4.47. The van der Waals surface area contributed by atoms with Crippen molar-refractivity contribution < 1.29 is 14.6 Å². The molecule has 1 saturated heterocycles. The maximum absolute atomic E-state index is 10.9. The molecular weight excluding hydrogens is 300 g/mol. The lowest BCUT2D eigenvalue weighted by molar-refractivity contribution is 0.0697. The Labute approximate surface area is 127 Å². The fourth-order valence-electron chi connectivity index (χ4n) is 1.93. The Bertz CT molecular complexity index is 518. The number of benzene rings is 1. The largest absolute Gasteiger partial charge is 0.478 e. The van der Waals surface area contributed by atoms with Gasteiger partial charge in [0.1, 0.15) is 0 Å². The summed E-state index contributed by atoms with van der Waals surface area (Å²) in [7, 11) is 0. The third kappa shape index (κ3) is 4.06. The van der Waals surface area contributed by atoms with Gasteiger partial charge in [-0.2, -0.15) is 0 Å². The molecule has 1 unspecified atom stereocenters. The van der Waals surface area contributed by atoms with Crippen LogP contribution in [0.5, 0.6) is 0 Å². The highest BCUT2D eigenvalue weighted by atomic mass is 35.5. The standard InChI is InChI=1S/C13H15ClN2O3S/c14-10-4-3-8(12(17)18)6-11(10)16-13(20)15-7-9-2-1-5-19-9/h3-4,6,9H,1-2,5,7H2,(H,17,18)(H2,15,16,20). The van der Waals surface area contributed by atoms with Gasteiger partial charge in [0.2, 0.25) is 0 Å². The predicted molar refractivity (Wildman–Crippen MR) is 81.6 cm³/mol. The van der Waals surface area contributed by atoms with Crippen LogP contribution in [-0.4, -0.2) is 35.4 Å². The van der Waals surface area contributed by atoms with Gasteiger partial charge in [0.25, 0.3) is 0 Å². The van der Waals surface area contributed by atoms with Crippen LogP contribution in [0.2, 0.25) is 5.02 Å². The zero-order chi connectivity index (χ0) is 14.5. The third-order valence-electron chi connectivity index (χ3n) is 2.98. The minimum absolute atomic E-state index is 0.152. The van der Waals surface area contributed by atoms with Crippen LogP contribution in [0.15, 0.2) is 18.2 Å². The lowest BCUT2D eigenvalue weighted by Crippen LogP contribution is -2.34. The van der Waals surface area contributed by atoms with E-state index in [2.05, 4.69) is 10.6 Å². The normalized spacial score (nSPS) is 17.8. The van der Waals surface area contributed by atoms with E-state index in [0.717, 1.165) is 19.4 Å². The van der Waals surface area contributed by atoms with Crippen LogP contribution in [0.4, 0.5) is 5.69 Å². The second-order valence-corrected chi connectivity index (χ2v) is 5.29. The summed E-state index contributed by atoms with van der Waals surface area (Å²) in [6.45, 7) is 1.42. The maximum Gasteiger partial charge on any atom is 0.335 e. The molecule has 0 aliphatic carbocycles. The van der Waals surface area contributed by atoms with E-state index in [0.29, 0.717) is 22.4 Å². The minimum Gasteiger partial charge on any atom is -0.478 e. The van der Waals surface area contributed by atoms with Crippen molar-refractivity contribution in [1.82, 2.24) is 5.32 Å². The number of nitrogens with one attached hydrogen (secondary N) is 2. The van der Waals surface area contributed by atoms with Gasteiger partial charge in [-0.3, -0.25) is 0 Å². The number of halogens is 1. The number of aromatic carboxylic acids is 1. The number of carboxylic acids is 1. The van der Waals surface area contributed by atoms with Gasteiger partial charge < -0.3 is 20.5 Å². The van der Waals surface area contributed by atoms with Gasteiger partial charge in [-0.1, -0.05) is 11.6 Å². The topological polar surface area (TPSA) is 70.6 Å². The molecule has 2 rings (SSSR count). The van der Waals surface area contributed by atoms with Crippen molar-refractivity contribution >= 4 is 40.6 Å². The Morgan fingerprint density at radius 3 is 3.00 bits per heavy atom. The summed E-state index contributed by atoms with van der Waals surface area (Å²) >= 11 is 11.2. The Hall–Kier alpha value is -1.37. The molecular formula is C13H15ClN2O3S. The molecule has 5 nitrogen and oxygen atoms in total. The number of rotatable bonds is 4. The van der Waals surface area contributed by atoms with Crippen molar-refractivity contribution in [2.45, 2.75) is 18.9 Å². The van der Waals surface area contributed by atoms with E-state index in [1.54, 1.807) is 0 Å². The first-order valence-corrected chi connectivity index (χ1v) is 7.04. The molecule has 20 heavy (non-hydrogen) atoms. The molecule has 1 aromatic rings. The van der Waals surface area contributed by atoms with Gasteiger partial charge in [-0.05, 0) is 43.3 Å². The Kier molecular flexibility index (Phi) is 5.17. The zero-order valence-corrected chi connectivity index (χ0v) is 12.3. The van der Waals surface area contributed by atoms with Crippen LogP contribution < -0.4 is 10.6 Å². The first-order valence-electron chi connectivity index (χ1n) is 6.25. The monoisotopic (exact) mass is 314 g/mol. The molecule has 0 amide bonds. The first kappa shape index (κ1) is 15.0. The van der Waals surface area contributed by atoms with Gasteiger partial charge in [0.05, 0.1) is 22.4 Å². The van der Waals surface area contributed by atoms with Gasteiger partial charge in [-0.15, -0.1) is 0 Å². The third-order valence-corrected chi connectivity index (χ3v) is 3.55. The number of ether oxygens (including phenoxy) is 1. The summed E-state index contributed by atoms with van der Waals surface area (Å²) in [5.74, 6) is -1.01. The first-order chi connectivity index (χ1) is 9.56. The summed E-state index contributed by atoms with van der Waals surface area (Å²) in [5, 5.41) is 15.7. The molecule has 1 aliphatic rings. The van der Waals surface area contributed by atoms with E-state index in [1.807, 2.05) is 0 Å². The summed E-state index contributed by atoms with van der Waals surface area (Å²) < 4.78 is 5.47. The van der Waals surface area contributed by atoms with Crippen LogP contribution in [0, 0.1) is 0 Å². The maximum atomic E-state index is 10.9. The molecule has 1 atom stereocenters. The van der Waals surface area contributed by atoms with Crippen molar-refractivity contribution in [3.8, 4) is 0 Å². The molecule has 1 aromatic carbocycles. The zero-order valence-electron chi connectivity index (χ0n) is 10.7. The molecule has 108 valence electrons. The predicted octanol–water partition coefficient (Wildman–Crippen LogP) is 2.50. The van der Waals surface area contributed by atoms with Crippen molar-refractivity contribution in [3.63, 3.8) is 0 Å². The van der Waals surface area contributed by atoms with E-state index in [4.69, 9.17) is 33.7 Å². The van der Waals surface area contributed by atoms with E-state index >= 15 is 0 Å². The van der Waals surface area contributed by atoms with Crippen LogP contribution in [-0.2, 0) is 4.74 Å². The molecule has 0 bridgehead atoms. The number of hydrogen-bond donors (Lipinski definition) is 3. The smallest absolute Gasteiger partial charge is 0.335 e. The SMILES string of the molecule is O=C(O)c1ccc(Cl)c(NC(=S)NCC2CCCO2)c1. The van der Waals surface area contributed by atoms with Crippen molar-refractivity contribution in [2.24, 2.45) is 0 Å². The van der Waals surface area contributed by atoms with Gasteiger partial charge in [0, 0.05) is 13.2 Å². The quantitative estimate of drug-likeness (QED) is 0.742. The summed E-state index contributed by atoms with van der Waals surface area (Å²) in [5.41, 5.74) is 0.621. The van der Waals surface area contributed by atoms with Crippen LogP contribution in [0.25, 0.3) is 0 Å². The molecule has 1 aliphatic heterocycles. The van der Waals surface area contributed by atoms with Crippen LogP contribution in [0.3, 0.4) is 0 Å². The van der Waals surface area contributed by atoms with Crippen LogP contribution in [0.1, 0.15) is 23.2 Å². The lowest BCUT2D eigenvalue weighted by Gasteiger charge is -2.15. The molecule has 0 aromatic heterocycles. The molecule has 3 N–H and O–H groups in total. The van der Waals surface area contributed by atoms with Crippen molar-refractivity contribution in [2.75, 3.05) is 18.5 Å². The van der Waals surface area contributed by atoms with Gasteiger partial charge in [-0.25, -0.2) is 4.79 Å². The highest BCUT2D eigenvalue weighted by Crippen LogP contribution is 2.23. The van der Waals surface area contributed by atoms with Crippen molar-refractivity contribution in [3.05, 3.63) is 28.8 Å². The average Bonchev–Trinajstić information content (AvgIpc) is 2.92. The molecule has 0 radical (unpaired) electrons. The lowest BCUT2D eigenvalue weighted by atomic mass is 10.2. The highest BCUT2D eigenvalue weighted by Gasteiger charge is 2.15. The Morgan fingerprint density at radius 1 is 1.55 bits per heavy atom. The summed E-state index contributed by atoms with van der Waals surface area (Å²) in [4.78, 5) is 10.9. The average molecular weight is 315 g/mol. The highest BCUT2D eigenvalue weighted by molar-refractivity contribution is 7.80. The molecule has 1 heterocycles. The minimum atomic E-state index is -1.01. The van der Waals surface area contributed by atoms with E-state index in [1.165, 1.54) is 18.2 Å². The van der Waals surface area contributed by atoms with Gasteiger partial charge in [0.15, 0.2) is 5.11 Å². The molecule has 1 fully saturated rings. The number of carbonyl (C=O) groups is 1.